The van der Waals surface area contributed by atoms with Crippen LogP contribution >= 0.6 is 0 Å². The van der Waals surface area contributed by atoms with E-state index in [-0.39, 0.29) is 0 Å². The molecule has 0 atom stereocenters. The van der Waals surface area contributed by atoms with Gasteiger partial charge >= 0.3 is 0 Å². The van der Waals surface area contributed by atoms with E-state index >= 15 is 0 Å². The van der Waals surface area contributed by atoms with Gasteiger partial charge in [0.1, 0.15) is 17.4 Å². The Kier molecular flexibility index (Phi) is 5.82. The van der Waals surface area contributed by atoms with Crippen LogP contribution < -0.4 is 9.62 Å². The van der Waals surface area contributed by atoms with Gasteiger partial charge in [0.05, 0.1) is 6.26 Å². The molecule has 1 aliphatic rings. The minimum absolute atomic E-state index is 0.478. The standard InChI is InChI=1S/C23H24F2N6O2S/c1-34(32,33)29-16-3-5-20-17(13-16)21-22(28-20)23(27-14-26-21)31-10-8-30(9-11-31)7-6-15-2-4-18(24)19(25)12-15/h2-5,12-14,28-29H,6-11H2,1H3. The van der Waals surface area contributed by atoms with E-state index in [1.807, 2.05) is 6.07 Å². The first-order valence-electron chi connectivity index (χ1n) is 10.9. The van der Waals surface area contributed by atoms with Crippen LogP contribution in [0.25, 0.3) is 21.9 Å². The van der Waals surface area contributed by atoms with Gasteiger partial charge in [-0.15, -0.1) is 0 Å². The zero-order valence-electron chi connectivity index (χ0n) is 18.6. The zero-order chi connectivity index (χ0) is 23.9. The zero-order valence-corrected chi connectivity index (χ0v) is 19.4. The molecule has 1 fully saturated rings. The maximum atomic E-state index is 13.4. The second-order valence-electron chi connectivity index (χ2n) is 8.51. The molecule has 0 aliphatic carbocycles. The van der Waals surface area contributed by atoms with Gasteiger partial charge in [0, 0.05) is 49.3 Å². The number of fused-ring (bicyclic) bond motifs is 3. The SMILES string of the molecule is CS(=O)(=O)Nc1ccc2[nH]c3c(N4CCN(CCc5ccc(F)c(F)c5)CC4)ncnc3c2c1. The number of halogens is 2. The molecule has 34 heavy (non-hydrogen) atoms. The van der Waals surface area contributed by atoms with Gasteiger partial charge in [-0.1, -0.05) is 6.07 Å². The molecule has 8 nitrogen and oxygen atoms in total. The lowest BCUT2D eigenvalue weighted by Crippen LogP contribution is -2.47. The maximum absolute atomic E-state index is 13.4. The molecule has 0 unspecified atom stereocenters. The smallest absolute Gasteiger partial charge is 0.229 e. The van der Waals surface area contributed by atoms with Gasteiger partial charge in [-0.05, 0) is 42.3 Å². The van der Waals surface area contributed by atoms with E-state index < -0.39 is 21.7 Å². The molecule has 0 amide bonds. The molecular formula is C23H24F2N6O2S. The van der Waals surface area contributed by atoms with E-state index in [1.54, 1.807) is 18.2 Å². The van der Waals surface area contributed by atoms with Crippen molar-refractivity contribution in [2.75, 3.05) is 48.6 Å². The molecule has 4 aromatic rings. The number of H-pyrrole nitrogens is 1. The summed E-state index contributed by atoms with van der Waals surface area (Å²) in [4.78, 5) is 16.8. The summed E-state index contributed by atoms with van der Waals surface area (Å²) in [5, 5.41) is 0.817. The summed E-state index contributed by atoms with van der Waals surface area (Å²) in [6.07, 6.45) is 3.29. The summed E-state index contributed by atoms with van der Waals surface area (Å²) in [5.41, 5.74) is 3.65. The minimum Gasteiger partial charge on any atom is -0.352 e. The Morgan fingerprint density at radius 3 is 2.56 bits per heavy atom. The molecule has 178 valence electrons. The van der Waals surface area contributed by atoms with Crippen molar-refractivity contribution in [1.82, 2.24) is 19.9 Å². The molecule has 11 heteroatoms. The Morgan fingerprint density at radius 2 is 1.82 bits per heavy atom. The van der Waals surface area contributed by atoms with Crippen LogP contribution in [0.2, 0.25) is 0 Å². The van der Waals surface area contributed by atoms with Crippen LogP contribution in [0, 0.1) is 11.6 Å². The number of anilines is 2. The Balaban J connectivity index is 1.31. The van der Waals surface area contributed by atoms with Gasteiger partial charge in [0.2, 0.25) is 10.0 Å². The van der Waals surface area contributed by atoms with Gasteiger partial charge in [0.25, 0.3) is 0 Å². The highest BCUT2D eigenvalue weighted by atomic mass is 32.2. The number of nitrogens with zero attached hydrogens (tertiary/aromatic N) is 4. The van der Waals surface area contributed by atoms with E-state index in [2.05, 4.69) is 29.5 Å². The van der Waals surface area contributed by atoms with Crippen LogP contribution in [0.5, 0.6) is 0 Å². The quantitative estimate of drug-likeness (QED) is 0.435. The molecule has 2 aromatic heterocycles. The van der Waals surface area contributed by atoms with E-state index in [1.165, 1.54) is 18.5 Å². The van der Waals surface area contributed by atoms with Crippen molar-refractivity contribution in [2.24, 2.45) is 0 Å². The van der Waals surface area contributed by atoms with Crippen LogP contribution in [0.15, 0.2) is 42.7 Å². The van der Waals surface area contributed by atoms with Crippen molar-refractivity contribution in [3.05, 3.63) is 59.9 Å². The lowest BCUT2D eigenvalue weighted by Gasteiger charge is -2.35. The molecule has 0 bridgehead atoms. The minimum atomic E-state index is -3.38. The summed E-state index contributed by atoms with van der Waals surface area (Å²) in [6.45, 7) is 3.93. The first kappa shape index (κ1) is 22.5. The molecule has 2 N–H and O–H groups in total. The number of sulfonamides is 1. The highest BCUT2D eigenvalue weighted by Gasteiger charge is 2.21. The average Bonchev–Trinajstić information content (AvgIpc) is 3.17. The van der Waals surface area contributed by atoms with Crippen molar-refractivity contribution in [1.29, 1.82) is 0 Å². The summed E-state index contributed by atoms with van der Waals surface area (Å²) < 4.78 is 52.3. The molecule has 1 aliphatic heterocycles. The van der Waals surface area contributed by atoms with Gasteiger partial charge < -0.3 is 9.88 Å². The monoisotopic (exact) mass is 486 g/mol. The van der Waals surface area contributed by atoms with Crippen LogP contribution in [0.4, 0.5) is 20.3 Å². The van der Waals surface area contributed by atoms with E-state index in [0.29, 0.717) is 12.1 Å². The molecular weight excluding hydrogens is 462 g/mol. The van der Waals surface area contributed by atoms with Crippen molar-refractivity contribution in [3.8, 4) is 0 Å². The van der Waals surface area contributed by atoms with Crippen molar-refractivity contribution in [3.63, 3.8) is 0 Å². The normalized spacial score (nSPS) is 15.3. The number of piperazine rings is 1. The Hall–Kier alpha value is -3.31. The van der Waals surface area contributed by atoms with Crippen molar-refractivity contribution < 1.29 is 17.2 Å². The fourth-order valence-corrected chi connectivity index (χ4v) is 4.92. The van der Waals surface area contributed by atoms with Crippen LogP contribution in [0.1, 0.15) is 5.56 Å². The Morgan fingerprint density at radius 1 is 1.03 bits per heavy atom. The van der Waals surface area contributed by atoms with Gasteiger partial charge in [-0.25, -0.2) is 27.2 Å². The topological polar surface area (TPSA) is 94.2 Å². The number of benzene rings is 2. The van der Waals surface area contributed by atoms with Crippen LogP contribution in [-0.4, -0.2) is 67.2 Å². The fraction of sp³-hybridized carbons (Fsp3) is 0.304. The van der Waals surface area contributed by atoms with Crippen molar-refractivity contribution >= 4 is 43.5 Å². The largest absolute Gasteiger partial charge is 0.352 e. The van der Waals surface area contributed by atoms with E-state index in [0.717, 1.165) is 72.3 Å². The number of nitrogens with one attached hydrogen (secondary N) is 2. The number of aromatic nitrogens is 3. The highest BCUT2D eigenvalue weighted by molar-refractivity contribution is 7.92. The molecule has 1 saturated heterocycles. The molecule has 0 radical (unpaired) electrons. The van der Waals surface area contributed by atoms with Gasteiger partial charge in [-0.3, -0.25) is 9.62 Å². The summed E-state index contributed by atoms with van der Waals surface area (Å²) in [6, 6.07) is 9.35. The molecule has 3 heterocycles. The Labute approximate surface area is 195 Å². The first-order chi connectivity index (χ1) is 16.3. The lowest BCUT2D eigenvalue weighted by molar-refractivity contribution is 0.260. The van der Waals surface area contributed by atoms with E-state index in [4.69, 9.17) is 0 Å². The Bertz CT molecular complexity index is 1470. The van der Waals surface area contributed by atoms with Crippen LogP contribution in [0.3, 0.4) is 0 Å². The first-order valence-corrected chi connectivity index (χ1v) is 12.8. The number of hydrogen-bond donors (Lipinski definition) is 2. The maximum Gasteiger partial charge on any atom is 0.229 e. The number of aromatic amines is 1. The molecule has 2 aromatic carbocycles. The fourth-order valence-electron chi connectivity index (χ4n) is 4.36. The van der Waals surface area contributed by atoms with Crippen molar-refractivity contribution in [2.45, 2.75) is 6.42 Å². The average molecular weight is 487 g/mol. The predicted octanol–water partition coefficient (Wildman–Crippen LogP) is 3.13. The summed E-state index contributed by atoms with van der Waals surface area (Å²) in [5.74, 6) is -0.833. The third kappa shape index (κ3) is 4.66. The third-order valence-electron chi connectivity index (χ3n) is 6.04. The van der Waals surface area contributed by atoms with Gasteiger partial charge in [0.15, 0.2) is 17.5 Å². The second kappa shape index (κ2) is 8.80. The molecule has 0 spiro atoms. The second-order valence-corrected chi connectivity index (χ2v) is 10.3. The molecule has 5 rings (SSSR count). The highest BCUT2D eigenvalue weighted by Crippen LogP contribution is 2.31. The lowest BCUT2D eigenvalue weighted by atomic mass is 10.1. The number of rotatable bonds is 6. The van der Waals surface area contributed by atoms with E-state index in [9.17, 15) is 17.2 Å². The number of hydrogen-bond acceptors (Lipinski definition) is 6. The third-order valence-corrected chi connectivity index (χ3v) is 6.64. The predicted molar refractivity (Wildman–Crippen MR) is 129 cm³/mol. The van der Waals surface area contributed by atoms with Crippen LogP contribution in [-0.2, 0) is 16.4 Å². The van der Waals surface area contributed by atoms with Gasteiger partial charge in [-0.2, -0.15) is 0 Å². The molecule has 0 saturated carbocycles. The summed E-state index contributed by atoms with van der Waals surface area (Å²) in [7, 11) is -3.38. The summed E-state index contributed by atoms with van der Waals surface area (Å²) >= 11 is 0.